The molecule has 0 unspecified atom stereocenters. The molecule has 0 spiro atoms. The Morgan fingerprint density at radius 1 is 1.11 bits per heavy atom. The van der Waals surface area contributed by atoms with E-state index < -0.39 is 0 Å². The van der Waals surface area contributed by atoms with Gasteiger partial charge in [-0.05, 0) is 30.2 Å². The first-order chi connectivity index (χ1) is 13.0. The molecule has 0 radical (unpaired) electrons. The highest BCUT2D eigenvalue weighted by molar-refractivity contribution is 6.42. The number of rotatable bonds is 3. The number of pyridine rings is 1. The van der Waals surface area contributed by atoms with Crippen molar-refractivity contribution in [3.05, 3.63) is 82.0 Å². The molecule has 0 aliphatic carbocycles. The van der Waals surface area contributed by atoms with E-state index in [2.05, 4.69) is 9.97 Å². The molecule has 0 amide bonds. The zero-order valence-corrected chi connectivity index (χ0v) is 16.2. The summed E-state index contributed by atoms with van der Waals surface area (Å²) in [6.45, 7) is 1.89. The molecule has 0 aliphatic rings. The second-order valence-electron chi connectivity index (χ2n) is 6.37. The molecule has 0 bridgehead atoms. The normalized spacial score (nSPS) is 11.1. The lowest BCUT2D eigenvalue weighted by Crippen LogP contribution is -2.07. The number of aryl methyl sites for hydroxylation is 2. The Morgan fingerprint density at radius 3 is 2.52 bits per heavy atom. The maximum atomic E-state index is 12.9. The fourth-order valence-corrected chi connectivity index (χ4v) is 3.86. The SMILES string of the molecule is Cc1cc(C(=O)c2cncn2C)cc2c(Cl)c(-c3ccccc3)c(Cl)nc12. The average Bonchev–Trinajstić information content (AvgIpc) is 3.09. The van der Waals surface area contributed by atoms with E-state index in [0.29, 0.717) is 37.9 Å². The summed E-state index contributed by atoms with van der Waals surface area (Å²) in [6.07, 6.45) is 3.15. The van der Waals surface area contributed by atoms with Gasteiger partial charge >= 0.3 is 0 Å². The lowest BCUT2D eigenvalue weighted by Gasteiger charge is -2.13. The number of carbonyl (C=O) groups excluding carboxylic acids is 1. The van der Waals surface area contributed by atoms with Crippen LogP contribution >= 0.6 is 23.2 Å². The van der Waals surface area contributed by atoms with Crippen LogP contribution in [0.5, 0.6) is 0 Å². The van der Waals surface area contributed by atoms with Crippen molar-refractivity contribution in [2.45, 2.75) is 6.92 Å². The van der Waals surface area contributed by atoms with E-state index >= 15 is 0 Å². The number of hydrogen-bond donors (Lipinski definition) is 0. The molecular weight excluding hydrogens is 381 g/mol. The zero-order valence-electron chi connectivity index (χ0n) is 14.7. The van der Waals surface area contributed by atoms with Crippen LogP contribution < -0.4 is 0 Å². The lowest BCUT2D eigenvalue weighted by atomic mass is 9.99. The molecule has 0 saturated carbocycles. The molecule has 0 atom stereocenters. The molecular formula is C21H15Cl2N3O. The summed E-state index contributed by atoms with van der Waals surface area (Å²) in [6, 6.07) is 13.2. The Labute approximate surface area is 166 Å². The van der Waals surface area contributed by atoms with E-state index in [9.17, 15) is 4.79 Å². The average molecular weight is 396 g/mol. The number of carbonyl (C=O) groups is 1. The van der Waals surface area contributed by atoms with Crippen LogP contribution in [0.2, 0.25) is 10.2 Å². The second kappa shape index (κ2) is 6.80. The monoisotopic (exact) mass is 395 g/mol. The Kier molecular flexibility index (Phi) is 4.46. The summed E-state index contributed by atoms with van der Waals surface area (Å²) in [5.74, 6) is -0.118. The molecule has 0 N–H and O–H groups in total. The highest BCUT2D eigenvalue weighted by Gasteiger charge is 2.19. The van der Waals surface area contributed by atoms with E-state index in [1.165, 1.54) is 0 Å². The van der Waals surface area contributed by atoms with Crippen LogP contribution in [0.4, 0.5) is 0 Å². The molecule has 0 saturated heterocycles. The van der Waals surface area contributed by atoms with Crippen molar-refractivity contribution in [3.63, 3.8) is 0 Å². The third kappa shape index (κ3) is 3.01. The predicted octanol–water partition coefficient (Wildman–Crippen LogP) is 5.48. The van der Waals surface area contributed by atoms with Crippen LogP contribution in [-0.2, 0) is 7.05 Å². The standard InChI is InChI=1S/C21H15Cl2N3O/c1-12-8-14(20(27)16-10-24-11-26(16)2)9-15-18(22)17(21(23)25-19(12)15)13-6-4-3-5-7-13/h3-11H,1-2H3. The number of fused-ring (bicyclic) bond motifs is 1. The van der Waals surface area contributed by atoms with Gasteiger partial charge < -0.3 is 4.57 Å². The number of hydrogen-bond acceptors (Lipinski definition) is 3. The van der Waals surface area contributed by atoms with Crippen molar-refractivity contribution in [3.8, 4) is 11.1 Å². The molecule has 2 heterocycles. The highest BCUT2D eigenvalue weighted by Crippen LogP contribution is 2.39. The quantitative estimate of drug-likeness (QED) is 0.340. The van der Waals surface area contributed by atoms with Crippen molar-refractivity contribution in [1.82, 2.24) is 14.5 Å². The van der Waals surface area contributed by atoms with Gasteiger partial charge in [0.25, 0.3) is 0 Å². The zero-order chi connectivity index (χ0) is 19.1. The Hall–Kier alpha value is -2.69. The summed E-state index contributed by atoms with van der Waals surface area (Å²) in [7, 11) is 1.79. The Bertz CT molecular complexity index is 1180. The molecule has 4 rings (SSSR count). The predicted molar refractivity (Wildman–Crippen MR) is 109 cm³/mol. The maximum Gasteiger partial charge on any atom is 0.211 e. The van der Waals surface area contributed by atoms with E-state index in [-0.39, 0.29) is 5.78 Å². The van der Waals surface area contributed by atoms with E-state index in [4.69, 9.17) is 23.2 Å². The van der Waals surface area contributed by atoms with Crippen molar-refractivity contribution in [1.29, 1.82) is 0 Å². The number of halogens is 2. The second-order valence-corrected chi connectivity index (χ2v) is 7.10. The molecule has 2 aromatic heterocycles. The molecule has 4 nitrogen and oxygen atoms in total. The molecule has 6 heteroatoms. The third-order valence-corrected chi connectivity index (χ3v) is 5.21. The minimum atomic E-state index is -0.118. The topological polar surface area (TPSA) is 47.8 Å². The number of aromatic nitrogens is 3. The van der Waals surface area contributed by atoms with Crippen molar-refractivity contribution < 1.29 is 4.79 Å². The fraction of sp³-hybridized carbons (Fsp3) is 0.0952. The Morgan fingerprint density at radius 2 is 1.85 bits per heavy atom. The maximum absolute atomic E-state index is 12.9. The number of imidazole rings is 1. The summed E-state index contributed by atoms with van der Waals surface area (Å²) < 4.78 is 1.69. The van der Waals surface area contributed by atoms with Gasteiger partial charge in [-0.15, -0.1) is 0 Å². The number of nitrogens with zero attached hydrogens (tertiary/aromatic N) is 3. The van der Waals surface area contributed by atoms with Crippen LogP contribution in [-0.4, -0.2) is 20.3 Å². The van der Waals surface area contributed by atoms with Crippen molar-refractivity contribution in [2.75, 3.05) is 0 Å². The van der Waals surface area contributed by atoms with Gasteiger partial charge in [-0.3, -0.25) is 4.79 Å². The first kappa shape index (κ1) is 17.7. The molecule has 27 heavy (non-hydrogen) atoms. The van der Waals surface area contributed by atoms with Crippen molar-refractivity contribution >= 4 is 39.9 Å². The van der Waals surface area contributed by atoms with Gasteiger partial charge in [-0.2, -0.15) is 0 Å². The van der Waals surface area contributed by atoms with Crippen LogP contribution in [0.1, 0.15) is 21.6 Å². The van der Waals surface area contributed by atoms with Gasteiger partial charge in [0.1, 0.15) is 10.8 Å². The third-order valence-electron chi connectivity index (χ3n) is 4.55. The number of ketones is 1. The van der Waals surface area contributed by atoms with E-state index in [1.54, 1.807) is 36.3 Å². The molecule has 134 valence electrons. The lowest BCUT2D eigenvalue weighted by molar-refractivity contribution is 0.103. The largest absolute Gasteiger partial charge is 0.331 e. The minimum absolute atomic E-state index is 0.118. The van der Waals surface area contributed by atoms with Gasteiger partial charge in [-0.1, -0.05) is 53.5 Å². The van der Waals surface area contributed by atoms with Gasteiger partial charge in [0.2, 0.25) is 5.78 Å². The van der Waals surface area contributed by atoms with Crippen LogP contribution in [0, 0.1) is 6.92 Å². The van der Waals surface area contributed by atoms with Gasteiger partial charge in [-0.25, -0.2) is 9.97 Å². The number of benzene rings is 2. The first-order valence-corrected chi connectivity index (χ1v) is 9.08. The summed E-state index contributed by atoms with van der Waals surface area (Å²) in [5, 5.41) is 1.52. The first-order valence-electron chi connectivity index (χ1n) is 8.33. The van der Waals surface area contributed by atoms with Crippen LogP contribution in [0.3, 0.4) is 0 Å². The summed E-state index contributed by atoms with van der Waals surface area (Å²) >= 11 is 13.2. The van der Waals surface area contributed by atoms with Gasteiger partial charge in [0, 0.05) is 23.6 Å². The summed E-state index contributed by atoms with van der Waals surface area (Å²) in [4.78, 5) is 21.5. The van der Waals surface area contributed by atoms with Crippen molar-refractivity contribution in [2.24, 2.45) is 7.05 Å². The van der Waals surface area contributed by atoms with Crippen LogP contribution in [0.15, 0.2) is 55.0 Å². The molecule has 2 aromatic carbocycles. The molecule has 0 aliphatic heterocycles. The summed E-state index contributed by atoms with van der Waals surface area (Å²) in [5.41, 5.74) is 4.11. The molecule has 0 fully saturated rings. The van der Waals surface area contributed by atoms with Crippen LogP contribution in [0.25, 0.3) is 22.0 Å². The van der Waals surface area contributed by atoms with E-state index in [0.717, 1.165) is 11.1 Å². The smallest absolute Gasteiger partial charge is 0.211 e. The van der Waals surface area contributed by atoms with E-state index in [1.807, 2.05) is 37.3 Å². The highest BCUT2D eigenvalue weighted by atomic mass is 35.5. The Balaban J connectivity index is 1.96. The molecule has 4 aromatic rings. The van der Waals surface area contributed by atoms with Gasteiger partial charge in [0.15, 0.2) is 0 Å². The van der Waals surface area contributed by atoms with Gasteiger partial charge in [0.05, 0.1) is 23.1 Å². The fourth-order valence-electron chi connectivity index (χ4n) is 3.18. The minimum Gasteiger partial charge on any atom is -0.331 e.